The minimum atomic E-state index is 1.11. The van der Waals surface area contributed by atoms with Gasteiger partial charge in [0.15, 0.2) is 0 Å². The molecule has 4 heteroatoms. The summed E-state index contributed by atoms with van der Waals surface area (Å²) in [5.41, 5.74) is 0. The quantitative estimate of drug-likeness (QED) is 0.289. The maximum atomic E-state index is 3.47. The number of rotatable bonds is 0. The van der Waals surface area contributed by atoms with Crippen LogP contribution in [0.3, 0.4) is 0 Å². The van der Waals surface area contributed by atoms with E-state index in [4.69, 9.17) is 0 Å². The summed E-state index contributed by atoms with van der Waals surface area (Å²) in [4.78, 5) is 0. The van der Waals surface area contributed by atoms with Crippen molar-refractivity contribution in [2.24, 2.45) is 0 Å². The van der Waals surface area contributed by atoms with Crippen LogP contribution in [-0.2, 0) is 0 Å². The van der Waals surface area contributed by atoms with E-state index >= 15 is 0 Å². The van der Waals surface area contributed by atoms with Gasteiger partial charge in [-0.1, -0.05) is 0 Å². The summed E-state index contributed by atoms with van der Waals surface area (Å²) in [5, 5.41) is 0. The van der Waals surface area contributed by atoms with Crippen LogP contribution in [-0.4, -0.2) is 0 Å². The summed E-state index contributed by atoms with van der Waals surface area (Å²) in [6.07, 6.45) is 0. The number of hydrogen-bond donors (Lipinski definition) is 0. The van der Waals surface area contributed by atoms with Crippen molar-refractivity contribution in [2.45, 2.75) is 0 Å². The average molecular weight is 488 g/mol. The molecule has 54 valence electrons. The van der Waals surface area contributed by atoms with Gasteiger partial charge in [0.05, 0.1) is 0 Å². The summed E-state index contributed by atoms with van der Waals surface area (Å²) in [5.74, 6) is 0. The molecule has 1 rings (SSSR count). The van der Waals surface area contributed by atoms with Crippen LogP contribution in [0.5, 0.6) is 0 Å². The van der Waals surface area contributed by atoms with Crippen LogP contribution in [0.15, 0.2) is 21.1 Å². The highest BCUT2D eigenvalue weighted by Gasteiger charge is 2.03. The normalized spacial score (nSPS) is 10.0. The maximum absolute atomic E-state index is 3.47. The highest BCUT2D eigenvalue weighted by molar-refractivity contribution is 14.1. The van der Waals surface area contributed by atoms with Crippen LogP contribution in [0.4, 0.5) is 0 Å². The zero-order chi connectivity index (χ0) is 7.72. The van der Waals surface area contributed by atoms with E-state index in [2.05, 4.69) is 83.1 Å². The van der Waals surface area contributed by atoms with E-state index < -0.39 is 0 Å². The Morgan fingerprint density at radius 2 is 1.70 bits per heavy atom. The fourth-order valence-corrected chi connectivity index (χ4v) is 2.84. The molecule has 0 bridgehead atoms. The van der Waals surface area contributed by atoms with Gasteiger partial charge in [0.2, 0.25) is 0 Å². The molecule has 0 nitrogen and oxygen atoms in total. The predicted molar refractivity (Wildman–Crippen MR) is 67.3 cm³/mol. The minimum absolute atomic E-state index is 1.11. The molecule has 0 unspecified atom stereocenters. The molecule has 1 aromatic carbocycles. The molecule has 0 aliphatic rings. The van der Waals surface area contributed by atoms with Gasteiger partial charge in [-0.05, 0) is 89.2 Å². The lowest BCUT2D eigenvalue weighted by molar-refractivity contribution is 1.49. The molecule has 0 amide bonds. The van der Waals surface area contributed by atoms with Crippen molar-refractivity contribution in [3.8, 4) is 0 Å². The average Bonchev–Trinajstić information content (AvgIpc) is 1.93. The molecule has 0 fully saturated rings. The van der Waals surface area contributed by atoms with Gasteiger partial charge in [0, 0.05) is 16.1 Å². The third kappa shape index (κ3) is 2.07. The molecule has 0 radical (unpaired) electrons. The molecule has 0 heterocycles. The van der Waals surface area contributed by atoms with Crippen LogP contribution in [0.1, 0.15) is 0 Å². The molecule has 0 aromatic heterocycles. The molecule has 10 heavy (non-hydrogen) atoms. The summed E-state index contributed by atoms with van der Waals surface area (Å²) >= 11 is 11.5. The second kappa shape index (κ2) is 4.04. The van der Waals surface area contributed by atoms with Gasteiger partial charge in [0.1, 0.15) is 0 Å². The first-order valence-corrected chi connectivity index (χ1v) is 6.16. The van der Waals surface area contributed by atoms with Crippen molar-refractivity contribution in [3.63, 3.8) is 0 Å². The Morgan fingerprint density at radius 1 is 1.10 bits per heavy atom. The lowest BCUT2D eigenvalue weighted by Gasteiger charge is -2.00. The van der Waals surface area contributed by atoms with Gasteiger partial charge in [-0.3, -0.25) is 0 Å². The molecule has 1 aromatic rings. The molecule has 0 spiro atoms. The molecule has 0 aliphatic carbocycles. The Hall–Kier alpha value is 1.64. The van der Waals surface area contributed by atoms with E-state index in [1.54, 1.807) is 0 Å². The van der Waals surface area contributed by atoms with Gasteiger partial charge < -0.3 is 0 Å². The largest absolute Gasteiger partial charge is 0.0496 e. The Bertz CT molecular complexity index is 233. The molecular formula is C6H2Br2I2. The molecule has 0 saturated heterocycles. The van der Waals surface area contributed by atoms with Gasteiger partial charge in [-0.15, -0.1) is 0 Å². The molecule has 0 N–H and O–H groups in total. The highest BCUT2D eigenvalue weighted by atomic mass is 127. The van der Waals surface area contributed by atoms with Gasteiger partial charge in [-0.2, -0.15) is 0 Å². The summed E-state index contributed by atoms with van der Waals surface area (Å²) in [7, 11) is 0. The van der Waals surface area contributed by atoms with Crippen LogP contribution >= 0.6 is 77.0 Å². The van der Waals surface area contributed by atoms with Crippen molar-refractivity contribution in [1.82, 2.24) is 0 Å². The monoisotopic (exact) mass is 486 g/mol. The predicted octanol–water partition coefficient (Wildman–Crippen LogP) is 4.42. The Balaban J connectivity index is 3.34. The van der Waals surface area contributed by atoms with E-state index in [9.17, 15) is 0 Å². The topological polar surface area (TPSA) is 0 Å². The van der Waals surface area contributed by atoms with E-state index in [0.29, 0.717) is 0 Å². The van der Waals surface area contributed by atoms with Crippen molar-refractivity contribution in [1.29, 1.82) is 0 Å². The maximum Gasteiger partial charge on any atom is 0.0461 e. The first-order valence-electron chi connectivity index (χ1n) is 2.42. The fraction of sp³-hybridized carbons (Fsp3) is 0. The number of benzene rings is 1. The number of hydrogen-bond acceptors (Lipinski definition) is 0. The first-order chi connectivity index (χ1) is 4.63. The van der Waals surface area contributed by atoms with Crippen LogP contribution < -0.4 is 0 Å². The SMILES string of the molecule is Brc1ccc(I)c(I)c1Br. The third-order valence-electron chi connectivity index (χ3n) is 0.988. The molecular weight excluding hydrogens is 486 g/mol. The van der Waals surface area contributed by atoms with Crippen molar-refractivity contribution < 1.29 is 0 Å². The molecule has 0 atom stereocenters. The van der Waals surface area contributed by atoms with E-state index in [1.807, 2.05) is 6.07 Å². The lowest BCUT2D eigenvalue weighted by Crippen LogP contribution is -1.81. The standard InChI is InChI=1S/C6H2Br2I2/c7-3-1-2-4(9)6(10)5(3)8/h1-2H. The van der Waals surface area contributed by atoms with Crippen LogP contribution in [0.25, 0.3) is 0 Å². The summed E-state index contributed by atoms with van der Waals surface area (Å²) in [6, 6.07) is 4.12. The fourth-order valence-electron chi connectivity index (χ4n) is 0.502. The van der Waals surface area contributed by atoms with Crippen LogP contribution in [0, 0.1) is 7.14 Å². The van der Waals surface area contributed by atoms with Crippen molar-refractivity contribution >= 4 is 77.0 Å². The van der Waals surface area contributed by atoms with Crippen molar-refractivity contribution in [3.05, 3.63) is 28.2 Å². The van der Waals surface area contributed by atoms with E-state index in [1.165, 1.54) is 7.14 Å². The number of halogens is 4. The lowest BCUT2D eigenvalue weighted by atomic mass is 10.4. The first kappa shape index (κ1) is 9.73. The molecule has 0 aliphatic heterocycles. The Morgan fingerprint density at radius 3 is 2.20 bits per heavy atom. The Kier molecular flexibility index (Phi) is 3.93. The third-order valence-corrected chi connectivity index (χ3v) is 6.80. The second-order valence-electron chi connectivity index (χ2n) is 1.66. The zero-order valence-electron chi connectivity index (χ0n) is 4.67. The van der Waals surface area contributed by atoms with E-state index in [0.717, 1.165) is 8.95 Å². The minimum Gasteiger partial charge on any atom is -0.0496 e. The van der Waals surface area contributed by atoms with Gasteiger partial charge in [-0.25, -0.2) is 0 Å². The summed E-state index contributed by atoms with van der Waals surface area (Å²) < 4.78 is 4.78. The highest BCUT2D eigenvalue weighted by Crippen LogP contribution is 2.30. The smallest absolute Gasteiger partial charge is 0.0461 e. The van der Waals surface area contributed by atoms with E-state index in [-0.39, 0.29) is 0 Å². The van der Waals surface area contributed by atoms with Crippen LogP contribution in [0.2, 0.25) is 0 Å². The second-order valence-corrected chi connectivity index (χ2v) is 5.55. The molecule has 0 saturated carbocycles. The Labute approximate surface area is 104 Å². The van der Waals surface area contributed by atoms with Crippen molar-refractivity contribution in [2.75, 3.05) is 0 Å². The van der Waals surface area contributed by atoms with Gasteiger partial charge >= 0.3 is 0 Å². The van der Waals surface area contributed by atoms with Gasteiger partial charge in [0.25, 0.3) is 0 Å². The zero-order valence-corrected chi connectivity index (χ0v) is 12.2. The summed E-state index contributed by atoms with van der Waals surface area (Å²) in [6.45, 7) is 0.